The predicted octanol–water partition coefficient (Wildman–Crippen LogP) is 0.928. The van der Waals surface area contributed by atoms with Crippen LogP contribution >= 0.6 is 23.1 Å². The van der Waals surface area contributed by atoms with E-state index in [1.807, 2.05) is 12.3 Å². The van der Waals surface area contributed by atoms with E-state index in [0.717, 1.165) is 16.5 Å². The number of aryl methyl sites for hydroxylation is 1. The number of rotatable bonds is 5. The van der Waals surface area contributed by atoms with E-state index in [1.165, 1.54) is 27.8 Å². The van der Waals surface area contributed by atoms with Crippen LogP contribution in [0.15, 0.2) is 14.9 Å². The van der Waals surface area contributed by atoms with Crippen molar-refractivity contribution >= 4 is 29.1 Å². The molecule has 2 aromatic heterocycles. The molecule has 0 aliphatic rings. The van der Waals surface area contributed by atoms with Gasteiger partial charge in [0.25, 0.3) is 0 Å². The molecule has 0 spiro atoms. The van der Waals surface area contributed by atoms with Crippen LogP contribution in [0.3, 0.4) is 0 Å². The third kappa shape index (κ3) is 3.01. The molecular formula is C8H9N5O2S2. The van der Waals surface area contributed by atoms with E-state index in [9.17, 15) is 4.79 Å². The van der Waals surface area contributed by atoms with Crippen LogP contribution < -0.4 is 0 Å². The van der Waals surface area contributed by atoms with Gasteiger partial charge in [0.1, 0.15) is 6.54 Å². The SMILES string of the molecule is CCc1csc(Sc2nnnn2CC(=O)O)n1. The van der Waals surface area contributed by atoms with E-state index in [4.69, 9.17) is 5.11 Å². The van der Waals surface area contributed by atoms with E-state index in [-0.39, 0.29) is 6.54 Å². The smallest absolute Gasteiger partial charge is 0.325 e. The number of thiazole rings is 1. The number of nitrogens with zero attached hydrogens (tertiary/aromatic N) is 5. The van der Waals surface area contributed by atoms with E-state index in [2.05, 4.69) is 20.5 Å². The Hall–Kier alpha value is -1.48. The summed E-state index contributed by atoms with van der Waals surface area (Å²) in [6.45, 7) is 1.78. The Labute approximate surface area is 105 Å². The van der Waals surface area contributed by atoms with Crippen molar-refractivity contribution in [3.63, 3.8) is 0 Å². The maximum atomic E-state index is 10.6. The van der Waals surface area contributed by atoms with Crippen LogP contribution in [0.2, 0.25) is 0 Å². The fraction of sp³-hybridized carbons (Fsp3) is 0.375. The van der Waals surface area contributed by atoms with Gasteiger partial charge in [0.05, 0.1) is 5.69 Å². The summed E-state index contributed by atoms with van der Waals surface area (Å²) in [5.74, 6) is -0.979. The molecule has 0 saturated heterocycles. The lowest BCUT2D eigenvalue weighted by Gasteiger charge is -1.97. The minimum absolute atomic E-state index is 0.249. The van der Waals surface area contributed by atoms with Gasteiger partial charge in [0.2, 0.25) is 5.16 Å². The first-order chi connectivity index (χ1) is 8.19. The third-order valence-corrected chi connectivity index (χ3v) is 3.82. The highest BCUT2D eigenvalue weighted by Gasteiger charge is 2.12. The molecule has 0 aliphatic heterocycles. The van der Waals surface area contributed by atoms with Gasteiger partial charge in [-0.1, -0.05) is 6.92 Å². The average molecular weight is 271 g/mol. The monoisotopic (exact) mass is 271 g/mol. The van der Waals surface area contributed by atoms with Crippen LogP contribution in [0.1, 0.15) is 12.6 Å². The average Bonchev–Trinajstić information content (AvgIpc) is 2.89. The zero-order valence-corrected chi connectivity index (χ0v) is 10.5. The summed E-state index contributed by atoms with van der Waals surface area (Å²) in [7, 11) is 0. The van der Waals surface area contributed by atoms with Crippen LogP contribution in [0.4, 0.5) is 0 Å². The van der Waals surface area contributed by atoms with E-state index < -0.39 is 5.97 Å². The van der Waals surface area contributed by atoms with Crippen molar-refractivity contribution in [1.82, 2.24) is 25.2 Å². The zero-order valence-electron chi connectivity index (χ0n) is 8.90. The van der Waals surface area contributed by atoms with Gasteiger partial charge in [-0.3, -0.25) is 4.79 Å². The van der Waals surface area contributed by atoms with Crippen molar-refractivity contribution in [1.29, 1.82) is 0 Å². The maximum Gasteiger partial charge on any atom is 0.325 e. The lowest BCUT2D eigenvalue weighted by atomic mass is 10.4. The molecule has 17 heavy (non-hydrogen) atoms. The van der Waals surface area contributed by atoms with E-state index in [1.54, 1.807) is 0 Å². The molecule has 1 N–H and O–H groups in total. The highest BCUT2D eigenvalue weighted by molar-refractivity contribution is 8.00. The van der Waals surface area contributed by atoms with Crippen LogP contribution in [-0.2, 0) is 17.8 Å². The van der Waals surface area contributed by atoms with Crippen molar-refractivity contribution in [2.24, 2.45) is 0 Å². The Morgan fingerprint density at radius 1 is 1.65 bits per heavy atom. The van der Waals surface area contributed by atoms with Crippen LogP contribution in [0, 0.1) is 0 Å². The third-order valence-electron chi connectivity index (χ3n) is 1.86. The number of carboxylic acid groups (broad SMARTS) is 1. The number of carbonyl (C=O) groups is 1. The fourth-order valence-corrected chi connectivity index (χ4v) is 2.86. The van der Waals surface area contributed by atoms with Crippen molar-refractivity contribution in [3.05, 3.63) is 11.1 Å². The highest BCUT2D eigenvalue weighted by atomic mass is 32.2. The van der Waals surface area contributed by atoms with Gasteiger partial charge in [-0.25, -0.2) is 9.67 Å². The van der Waals surface area contributed by atoms with Crippen LogP contribution in [0.25, 0.3) is 0 Å². The number of carboxylic acids is 1. The Kier molecular flexibility index (Phi) is 3.69. The van der Waals surface area contributed by atoms with E-state index in [0.29, 0.717) is 5.16 Å². The first-order valence-electron chi connectivity index (χ1n) is 4.79. The second kappa shape index (κ2) is 5.23. The number of hydrogen-bond donors (Lipinski definition) is 1. The molecule has 7 nitrogen and oxygen atoms in total. The predicted molar refractivity (Wildman–Crippen MR) is 61.1 cm³/mol. The normalized spacial score (nSPS) is 10.6. The molecule has 0 aromatic carbocycles. The largest absolute Gasteiger partial charge is 0.480 e. The molecule has 0 saturated carbocycles. The molecule has 0 bridgehead atoms. The summed E-state index contributed by atoms with van der Waals surface area (Å²) in [4.78, 5) is 14.9. The lowest BCUT2D eigenvalue weighted by Crippen LogP contribution is -2.11. The first-order valence-corrected chi connectivity index (χ1v) is 6.49. The fourth-order valence-electron chi connectivity index (χ4n) is 1.07. The Bertz CT molecular complexity index is 523. The molecule has 2 aromatic rings. The second-order valence-corrected chi connectivity index (χ2v) is 5.15. The van der Waals surface area contributed by atoms with Gasteiger partial charge in [-0.2, -0.15) is 0 Å². The van der Waals surface area contributed by atoms with Gasteiger partial charge in [0, 0.05) is 5.38 Å². The summed E-state index contributed by atoms with van der Waals surface area (Å²) in [5, 5.41) is 21.9. The number of hydrogen-bond acceptors (Lipinski definition) is 7. The summed E-state index contributed by atoms with van der Waals surface area (Å²) < 4.78 is 2.04. The van der Waals surface area contributed by atoms with Gasteiger partial charge in [-0.05, 0) is 28.6 Å². The second-order valence-electron chi connectivity index (χ2n) is 3.07. The van der Waals surface area contributed by atoms with Gasteiger partial charge < -0.3 is 5.11 Å². The van der Waals surface area contributed by atoms with Crippen molar-refractivity contribution in [2.45, 2.75) is 29.4 Å². The summed E-state index contributed by atoms with van der Waals surface area (Å²) in [6.07, 6.45) is 0.872. The lowest BCUT2D eigenvalue weighted by molar-refractivity contribution is -0.138. The van der Waals surface area contributed by atoms with Gasteiger partial charge in [0.15, 0.2) is 4.34 Å². The maximum absolute atomic E-state index is 10.6. The Balaban J connectivity index is 2.12. The molecule has 2 rings (SSSR count). The van der Waals surface area contributed by atoms with E-state index >= 15 is 0 Å². The molecule has 0 fully saturated rings. The quantitative estimate of drug-likeness (QED) is 0.864. The minimum Gasteiger partial charge on any atom is -0.480 e. The van der Waals surface area contributed by atoms with Crippen LogP contribution in [0.5, 0.6) is 0 Å². The van der Waals surface area contributed by atoms with Gasteiger partial charge in [-0.15, -0.1) is 16.4 Å². The van der Waals surface area contributed by atoms with Crippen LogP contribution in [-0.4, -0.2) is 36.3 Å². The minimum atomic E-state index is -0.979. The summed E-state index contributed by atoms with van der Waals surface area (Å²) in [6, 6.07) is 0. The summed E-state index contributed by atoms with van der Waals surface area (Å²) in [5.41, 5.74) is 1.01. The summed E-state index contributed by atoms with van der Waals surface area (Å²) >= 11 is 2.77. The molecule has 9 heteroatoms. The Morgan fingerprint density at radius 2 is 2.47 bits per heavy atom. The number of aliphatic carboxylic acids is 1. The zero-order chi connectivity index (χ0) is 12.3. The molecule has 2 heterocycles. The number of tetrazole rings is 1. The number of aromatic nitrogens is 5. The molecule has 0 radical (unpaired) electrons. The first kappa shape index (κ1) is 12.0. The molecule has 0 aliphatic carbocycles. The Morgan fingerprint density at radius 3 is 3.12 bits per heavy atom. The topological polar surface area (TPSA) is 93.8 Å². The standard InChI is InChI=1S/C8H9N5O2S2/c1-2-5-4-16-8(9-5)17-7-10-11-12-13(7)3-6(14)15/h4H,2-3H2,1H3,(H,14,15). The highest BCUT2D eigenvalue weighted by Crippen LogP contribution is 2.28. The van der Waals surface area contributed by atoms with Crippen molar-refractivity contribution < 1.29 is 9.90 Å². The molecule has 0 unspecified atom stereocenters. The molecule has 0 atom stereocenters. The molecule has 0 amide bonds. The van der Waals surface area contributed by atoms with Gasteiger partial charge >= 0.3 is 5.97 Å². The van der Waals surface area contributed by atoms with Crippen molar-refractivity contribution in [2.75, 3.05) is 0 Å². The molecular weight excluding hydrogens is 262 g/mol. The molecule has 90 valence electrons. The van der Waals surface area contributed by atoms with Crippen molar-refractivity contribution in [3.8, 4) is 0 Å².